The Kier molecular flexibility index (Phi) is 10.7. The van der Waals surface area contributed by atoms with Gasteiger partial charge in [-0.05, 0) is 31.4 Å². The molecule has 0 aliphatic carbocycles. The van der Waals surface area contributed by atoms with Crippen molar-refractivity contribution in [3.63, 3.8) is 0 Å². The fraction of sp³-hybridized carbons (Fsp3) is 0.458. The Labute approximate surface area is 208 Å². The van der Waals surface area contributed by atoms with Gasteiger partial charge >= 0.3 is 0 Å². The summed E-state index contributed by atoms with van der Waals surface area (Å²) in [6, 6.07) is 14.5. The van der Waals surface area contributed by atoms with Crippen LogP contribution >= 0.6 is 24.0 Å². The van der Waals surface area contributed by atoms with Crippen molar-refractivity contribution >= 4 is 35.6 Å². The molecule has 0 aromatic heterocycles. The number of halogens is 1. The van der Waals surface area contributed by atoms with Gasteiger partial charge < -0.3 is 29.7 Å². The first-order valence-corrected chi connectivity index (χ1v) is 10.8. The van der Waals surface area contributed by atoms with Crippen molar-refractivity contribution in [1.82, 2.24) is 10.6 Å². The van der Waals surface area contributed by atoms with Gasteiger partial charge in [0.2, 0.25) is 0 Å². The van der Waals surface area contributed by atoms with E-state index in [0.717, 1.165) is 61.4 Å². The standard InChI is InChI=1S/C24H34N4O3.HI/c1-5-31-23-9-7-6-8-18(23)10-12-26-24(25-2)27-19-11-13-28(17-19)20-14-21(29-3)16-22(15-20)30-4;/h6-9,14-16,19H,5,10-13,17H2,1-4H3,(H2,25,26,27);1H. The molecule has 2 aromatic rings. The first-order valence-electron chi connectivity index (χ1n) is 10.8. The van der Waals surface area contributed by atoms with Crippen LogP contribution in [0.1, 0.15) is 18.9 Å². The molecule has 1 saturated heterocycles. The Bertz CT molecular complexity index is 856. The van der Waals surface area contributed by atoms with Gasteiger partial charge in [-0.3, -0.25) is 4.99 Å². The average molecular weight is 554 g/mol. The Morgan fingerprint density at radius 2 is 1.84 bits per heavy atom. The predicted octanol–water partition coefficient (Wildman–Crippen LogP) is 3.71. The maximum Gasteiger partial charge on any atom is 0.191 e. The van der Waals surface area contributed by atoms with Crippen LogP contribution in [0.4, 0.5) is 5.69 Å². The van der Waals surface area contributed by atoms with Crippen LogP contribution in [0.5, 0.6) is 17.2 Å². The van der Waals surface area contributed by atoms with Crippen molar-refractivity contribution in [3.8, 4) is 17.2 Å². The van der Waals surface area contributed by atoms with Gasteiger partial charge in [0.25, 0.3) is 0 Å². The number of hydrogen-bond donors (Lipinski definition) is 2. The first-order chi connectivity index (χ1) is 15.2. The summed E-state index contributed by atoms with van der Waals surface area (Å²) in [5.74, 6) is 3.38. The zero-order valence-corrected chi connectivity index (χ0v) is 21.7. The molecule has 1 aliphatic rings. The number of hydrogen-bond acceptors (Lipinski definition) is 5. The van der Waals surface area contributed by atoms with Crippen molar-refractivity contribution in [2.24, 2.45) is 4.99 Å². The second kappa shape index (κ2) is 13.2. The number of guanidine groups is 1. The van der Waals surface area contributed by atoms with Crippen LogP contribution in [0.2, 0.25) is 0 Å². The predicted molar refractivity (Wildman–Crippen MR) is 141 cm³/mol. The van der Waals surface area contributed by atoms with E-state index in [1.807, 2.05) is 50.4 Å². The van der Waals surface area contributed by atoms with Crippen molar-refractivity contribution in [1.29, 1.82) is 0 Å². The number of ether oxygens (including phenoxy) is 3. The number of para-hydroxylation sites is 1. The van der Waals surface area contributed by atoms with E-state index in [0.29, 0.717) is 12.6 Å². The molecule has 2 N–H and O–H groups in total. The minimum atomic E-state index is 0. The van der Waals surface area contributed by atoms with Gasteiger partial charge in [-0.2, -0.15) is 0 Å². The fourth-order valence-corrected chi connectivity index (χ4v) is 3.80. The van der Waals surface area contributed by atoms with Gasteiger partial charge in [0.05, 0.1) is 20.8 Å². The third-order valence-electron chi connectivity index (χ3n) is 5.41. The lowest BCUT2D eigenvalue weighted by molar-refractivity contribution is 0.336. The summed E-state index contributed by atoms with van der Waals surface area (Å²) in [6.07, 6.45) is 1.91. The highest BCUT2D eigenvalue weighted by Crippen LogP contribution is 2.30. The van der Waals surface area contributed by atoms with E-state index in [1.54, 1.807) is 14.2 Å². The maximum absolute atomic E-state index is 5.72. The fourth-order valence-electron chi connectivity index (χ4n) is 3.80. The summed E-state index contributed by atoms with van der Waals surface area (Å²) in [7, 11) is 5.16. The van der Waals surface area contributed by atoms with Crippen LogP contribution in [0.25, 0.3) is 0 Å². The van der Waals surface area contributed by atoms with Crippen molar-refractivity contribution in [3.05, 3.63) is 48.0 Å². The highest BCUT2D eigenvalue weighted by atomic mass is 127. The Morgan fingerprint density at radius 1 is 1.12 bits per heavy atom. The van der Waals surface area contributed by atoms with Crippen LogP contribution in [-0.4, -0.2) is 59.5 Å². The van der Waals surface area contributed by atoms with E-state index in [1.165, 1.54) is 5.56 Å². The normalized spacial score (nSPS) is 15.7. The van der Waals surface area contributed by atoms with Gasteiger partial charge in [-0.15, -0.1) is 24.0 Å². The lowest BCUT2D eigenvalue weighted by Crippen LogP contribution is -2.45. The number of nitrogens with zero attached hydrogens (tertiary/aromatic N) is 2. The smallest absolute Gasteiger partial charge is 0.191 e. The van der Waals surface area contributed by atoms with Gasteiger partial charge in [-0.1, -0.05) is 18.2 Å². The van der Waals surface area contributed by atoms with E-state index in [9.17, 15) is 0 Å². The Morgan fingerprint density at radius 3 is 2.50 bits per heavy atom. The van der Waals surface area contributed by atoms with Crippen LogP contribution in [0.3, 0.4) is 0 Å². The van der Waals surface area contributed by atoms with E-state index in [-0.39, 0.29) is 24.0 Å². The molecule has 2 aromatic carbocycles. The van der Waals surface area contributed by atoms with Gasteiger partial charge in [0.1, 0.15) is 17.2 Å². The molecule has 1 aliphatic heterocycles. The zero-order valence-electron chi connectivity index (χ0n) is 19.4. The third kappa shape index (κ3) is 7.08. The minimum Gasteiger partial charge on any atom is -0.497 e. The summed E-state index contributed by atoms with van der Waals surface area (Å²) in [6.45, 7) is 5.32. The molecule has 176 valence electrons. The molecule has 0 radical (unpaired) electrons. The SMILES string of the molecule is CCOc1ccccc1CCNC(=NC)NC1CCN(c2cc(OC)cc(OC)c2)C1.I. The number of benzene rings is 2. The molecule has 3 rings (SSSR count). The molecule has 1 atom stereocenters. The molecule has 7 nitrogen and oxygen atoms in total. The first kappa shape index (κ1) is 25.9. The lowest BCUT2D eigenvalue weighted by atomic mass is 10.1. The van der Waals surface area contributed by atoms with E-state index >= 15 is 0 Å². The summed E-state index contributed by atoms with van der Waals surface area (Å²) in [4.78, 5) is 6.74. The second-order valence-corrected chi connectivity index (χ2v) is 7.44. The molecule has 8 heteroatoms. The van der Waals surface area contributed by atoms with E-state index in [4.69, 9.17) is 14.2 Å². The van der Waals surface area contributed by atoms with Crippen LogP contribution < -0.4 is 29.7 Å². The number of methoxy groups -OCH3 is 2. The number of rotatable bonds is 9. The molecule has 0 bridgehead atoms. The number of nitrogens with one attached hydrogen (secondary N) is 2. The van der Waals surface area contributed by atoms with Crippen LogP contribution in [-0.2, 0) is 6.42 Å². The van der Waals surface area contributed by atoms with E-state index < -0.39 is 0 Å². The minimum absolute atomic E-state index is 0. The second-order valence-electron chi connectivity index (χ2n) is 7.44. The third-order valence-corrected chi connectivity index (χ3v) is 5.41. The highest BCUT2D eigenvalue weighted by molar-refractivity contribution is 14.0. The molecular weight excluding hydrogens is 519 g/mol. The molecule has 0 saturated carbocycles. The largest absolute Gasteiger partial charge is 0.497 e. The number of anilines is 1. The Balaban J connectivity index is 0.00000363. The van der Waals surface area contributed by atoms with Crippen molar-refractivity contribution < 1.29 is 14.2 Å². The Hall–Kier alpha value is -2.36. The summed E-state index contributed by atoms with van der Waals surface area (Å²) >= 11 is 0. The monoisotopic (exact) mass is 554 g/mol. The molecule has 1 unspecified atom stereocenters. The lowest BCUT2D eigenvalue weighted by Gasteiger charge is -2.21. The zero-order chi connectivity index (χ0) is 22.1. The summed E-state index contributed by atoms with van der Waals surface area (Å²) in [5, 5.41) is 6.98. The van der Waals surface area contributed by atoms with Crippen molar-refractivity contribution in [2.45, 2.75) is 25.8 Å². The quantitative estimate of drug-likeness (QED) is 0.280. The summed E-state index contributed by atoms with van der Waals surface area (Å²) in [5.41, 5.74) is 2.31. The molecule has 0 spiro atoms. The molecule has 0 amide bonds. The van der Waals surface area contributed by atoms with Gasteiger partial charge in [-0.25, -0.2) is 0 Å². The van der Waals surface area contributed by atoms with Gasteiger partial charge in [0.15, 0.2) is 5.96 Å². The van der Waals surface area contributed by atoms with E-state index in [2.05, 4.69) is 26.6 Å². The molecule has 1 fully saturated rings. The maximum atomic E-state index is 5.72. The molecule has 1 heterocycles. The van der Waals surface area contributed by atoms with Crippen LogP contribution in [0.15, 0.2) is 47.5 Å². The van der Waals surface area contributed by atoms with Gasteiger partial charge in [0, 0.05) is 56.6 Å². The topological polar surface area (TPSA) is 67.4 Å². The number of aliphatic imine (C=N–C) groups is 1. The average Bonchev–Trinajstić information content (AvgIpc) is 3.28. The molecular formula is C24H35IN4O3. The van der Waals surface area contributed by atoms with Crippen LogP contribution in [0, 0.1) is 0 Å². The molecule has 32 heavy (non-hydrogen) atoms. The van der Waals surface area contributed by atoms with Crippen molar-refractivity contribution in [2.75, 3.05) is 52.4 Å². The highest BCUT2D eigenvalue weighted by Gasteiger charge is 2.24. The summed E-state index contributed by atoms with van der Waals surface area (Å²) < 4.78 is 16.5.